The number of ether oxygens (including phenoxy) is 1. The van der Waals surface area contributed by atoms with Crippen LogP contribution in [0.25, 0.3) is 0 Å². The van der Waals surface area contributed by atoms with Gasteiger partial charge in [0.15, 0.2) is 5.69 Å². The van der Waals surface area contributed by atoms with E-state index < -0.39 is 18.1 Å². The van der Waals surface area contributed by atoms with Crippen LogP contribution in [0, 0.1) is 12.8 Å². The van der Waals surface area contributed by atoms with E-state index in [4.69, 9.17) is 19.7 Å². The average Bonchev–Trinajstić information content (AvgIpc) is 3.26. The van der Waals surface area contributed by atoms with Crippen LogP contribution < -0.4 is 5.32 Å². The quantitative estimate of drug-likeness (QED) is 0.729. The van der Waals surface area contributed by atoms with Crippen molar-refractivity contribution in [2.45, 2.75) is 44.5 Å². The Hall–Kier alpha value is -2.43. The number of rotatable bonds is 4. The van der Waals surface area contributed by atoms with E-state index in [1.165, 1.54) is 18.9 Å². The molecule has 2 heterocycles. The number of hydrogen-bond donors (Lipinski definition) is 3. The molecule has 1 saturated carbocycles. The number of carbonyl (C=O) groups is 2. The summed E-state index contributed by atoms with van der Waals surface area (Å²) in [5.74, 6) is -2.76. The summed E-state index contributed by atoms with van der Waals surface area (Å²) >= 11 is 0. The first-order valence-corrected chi connectivity index (χ1v) is 7.85. The number of aromatic nitrogens is 2. The second kappa shape index (κ2) is 7.85. The van der Waals surface area contributed by atoms with E-state index in [9.17, 15) is 18.0 Å². The van der Waals surface area contributed by atoms with Crippen LogP contribution in [-0.2, 0) is 9.53 Å². The largest absolute Gasteiger partial charge is 0.490 e. The van der Waals surface area contributed by atoms with Crippen LogP contribution in [0.5, 0.6) is 0 Å². The molecule has 1 saturated heterocycles. The van der Waals surface area contributed by atoms with Gasteiger partial charge in [0.05, 0.1) is 12.1 Å². The average molecular weight is 377 g/mol. The van der Waals surface area contributed by atoms with E-state index in [2.05, 4.69) is 15.3 Å². The zero-order chi connectivity index (χ0) is 19.5. The monoisotopic (exact) mass is 377 g/mol. The van der Waals surface area contributed by atoms with Crippen molar-refractivity contribution < 1.29 is 37.7 Å². The van der Waals surface area contributed by atoms with Crippen LogP contribution in [0.15, 0.2) is 6.07 Å². The fourth-order valence-corrected chi connectivity index (χ4v) is 2.56. The lowest BCUT2D eigenvalue weighted by atomic mass is 10.1. The van der Waals surface area contributed by atoms with Crippen molar-refractivity contribution in [3.63, 3.8) is 0 Å². The summed E-state index contributed by atoms with van der Waals surface area (Å²) in [4.78, 5) is 28.2. The van der Waals surface area contributed by atoms with Crippen molar-refractivity contribution in [3.8, 4) is 0 Å². The summed E-state index contributed by atoms with van der Waals surface area (Å²) in [6.07, 6.45) is -1.51. The fraction of sp³-hybridized carbons (Fsp3) is 0.600. The number of nitrogens with zero attached hydrogens (tertiary/aromatic N) is 2. The third-order valence-corrected chi connectivity index (χ3v) is 3.85. The van der Waals surface area contributed by atoms with Gasteiger partial charge in [0.25, 0.3) is 0 Å². The topological polar surface area (TPSA) is 122 Å². The molecule has 0 amide bonds. The molecule has 0 radical (unpaired) electrons. The Bertz CT molecular complexity index is 679. The lowest BCUT2D eigenvalue weighted by molar-refractivity contribution is -0.192. The summed E-state index contributed by atoms with van der Waals surface area (Å²) in [6, 6.07) is 1.66. The fourth-order valence-electron chi connectivity index (χ4n) is 2.56. The predicted molar refractivity (Wildman–Crippen MR) is 81.9 cm³/mol. The molecule has 3 N–H and O–H groups in total. The van der Waals surface area contributed by atoms with Crippen LogP contribution in [0.3, 0.4) is 0 Å². The molecule has 2 aliphatic rings. The van der Waals surface area contributed by atoms with Crippen molar-refractivity contribution >= 4 is 17.9 Å². The highest BCUT2D eigenvalue weighted by Gasteiger charge is 2.41. The smallest absolute Gasteiger partial charge is 0.477 e. The highest BCUT2D eigenvalue weighted by Crippen LogP contribution is 2.39. The first kappa shape index (κ1) is 19.9. The van der Waals surface area contributed by atoms with Gasteiger partial charge in [0.1, 0.15) is 0 Å². The number of carboxylic acid groups (broad SMARTS) is 2. The molecule has 11 heteroatoms. The summed E-state index contributed by atoms with van der Waals surface area (Å²) in [7, 11) is 0. The molecule has 1 aliphatic heterocycles. The Morgan fingerprint density at radius 3 is 2.35 bits per heavy atom. The minimum atomic E-state index is -5.08. The van der Waals surface area contributed by atoms with Crippen molar-refractivity contribution in [1.29, 1.82) is 0 Å². The zero-order valence-corrected chi connectivity index (χ0v) is 13.8. The molecule has 8 nitrogen and oxygen atoms in total. The van der Waals surface area contributed by atoms with Crippen molar-refractivity contribution in [3.05, 3.63) is 17.5 Å². The number of carboxylic acids is 2. The Morgan fingerprint density at radius 2 is 1.85 bits per heavy atom. The Kier molecular flexibility index (Phi) is 6.01. The molecule has 0 unspecified atom stereocenters. The minimum absolute atomic E-state index is 0.0249. The first-order valence-electron chi connectivity index (χ1n) is 7.85. The molecule has 0 bridgehead atoms. The number of halogens is 3. The number of anilines is 1. The summed E-state index contributed by atoms with van der Waals surface area (Å²) < 4.78 is 37.5. The van der Waals surface area contributed by atoms with Gasteiger partial charge >= 0.3 is 18.1 Å². The van der Waals surface area contributed by atoms with Gasteiger partial charge in [-0.2, -0.15) is 13.2 Å². The highest BCUT2D eigenvalue weighted by atomic mass is 19.4. The molecule has 2 fully saturated rings. The van der Waals surface area contributed by atoms with Gasteiger partial charge in [-0.25, -0.2) is 19.6 Å². The van der Waals surface area contributed by atoms with Gasteiger partial charge in [-0.3, -0.25) is 0 Å². The van der Waals surface area contributed by atoms with Crippen molar-refractivity contribution in [1.82, 2.24) is 9.97 Å². The lowest BCUT2D eigenvalue weighted by Gasteiger charge is -2.19. The van der Waals surface area contributed by atoms with Crippen LogP contribution in [0.1, 0.15) is 35.4 Å². The molecule has 0 spiro atoms. The van der Waals surface area contributed by atoms with E-state index in [-0.39, 0.29) is 17.8 Å². The molecule has 26 heavy (non-hydrogen) atoms. The van der Waals surface area contributed by atoms with Crippen LogP contribution in [-0.4, -0.2) is 57.0 Å². The Morgan fingerprint density at radius 1 is 1.23 bits per heavy atom. The maximum Gasteiger partial charge on any atom is 0.490 e. The zero-order valence-electron chi connectivity index (χ0n) is 13.8. The molecule has 1 aliphatic carbocycles. The van der Waals surface area contributed by atoms with Gasteiger partial charge in [-0.1, -0.05) is 0 Å². The van der Waals surface area contributed by atoms with Crippen LogP contribution in [0.2, 0.25) is 0 Å². The standard InChI is InChI=1S/C13H17N3O3.C2HF3O2/c1-7-6-10(12(17)18)16-13(14-7)15-9-4-5-19-11(9)8-2-3-8;3-2(4,5)1(6)7/h6,8-9,11H,2-5H2,1H3,(H,17,18)(H,14,15,16);(H,6,7)/t9-,11+;/m1./s1. The normalized spacial score (nSPS) is 22.3. The maximum atomic E-state index is 11.0. The van der Waals surface area contributed by atoms with Gasteiger partial charge in [-0.15, -0.1) is 0 Å². The molecular weight excluding hydrogens is 359 g/mol. The summed E-state index contributed by atoms with van der Waals surface area (Å²) in [5.41, 5.74) is 0.675. The molecule has 3 rings (SSSR count). The minimum Gasteiger partial charge on any atom is -0.477 e. The van der Waals surface area contributed by atoms with E-state index in [0.29, 0.717) is 17.6 Å². The van der Waals surface area contributed by atoms with Gasteiger partial charge < -0.3 is 20.3 Å². The van der Waals surface area contributed by atoms with Gasteiger partial charge in [0.2, 0.25) is 5.95 Å². The second-order valence-corrected chi connectivity index (χ2v) is 6.04. The van der Waals surface area contributed by atoms with Gasteiger partial charge in [-0.05, 0) is 38.2 Å². The van der Waals surface area contributed by atoms with E-state index in [0.717, 1.165) is 13.0 Å². The molecular formula is C15H18F3N3O5. The molecule has 1 aromatic heterocycles. The SMILES string of the molecule is Cc1cc(C(=O)O)nc(N[C@@H]2CCO[C@H]2C2CC2)n1.O=C(O)C(F)(F)F. The maximum absolute atomic E-state index is 11.0. The molecule has 0 aromatic carbocycles. The number of hydrogen-bond acceptors (Lipinski definition) is 6. The number of aryl methyl sites for hydroxylation is 1. The summed E-state index contributed by atoms with van der Waals surface area (Å²) in [5, 5.41) is 19.4. The number of aromatic carboxylic acids is 1. The van der Waals surface area contributed by atoms with E-state index in [1.807, 2.05) is 0 Å². The third kappa shape index (κ3) is 5.55. The predicted octanol–water partition coefficient (Wildman–Crippen LogP) is 2.10. The van der Waals surface area contributed by atoms with Gasteiger partial charge in [0, 0.05) is 12.3 Å². The van der Waals surface area contributed by atoms with E-state index >= 15 is 0 Å². The van der Waals surface area contributed by atoms with Crippen LogP contribution >= 0.6 is 0 Å². The summed E-state index contributed by atoms with van der Waals surface area (Å²) in [6.45, 7) is 2.51. The molecule has 2 atom stereocenters. The van der Waals surface area contributed by atoms with Crippen molar-refractivity contribution in [2.24, 2.45) is 5.92 Å². The van der Waals surface area contributed by atoms with Crippen LogP contribution in [0.4, 0.5) is 19.1 Å². The number of nitrogens with one attached hydrogen (secondary N) is 1. The Balaban J connectivity index is 0.000000298. The molecule has 144 valence electrons. The molecule has 1 aromatic rings. The third-order valence-electron chi connectivity index (χ3n) is 3.85. The Labute approximate surface area is 146 Å². The van der Waals surface area contributed by atoms with E-state index in [1.54, 1.807) is 6.92 Å². The highest BCUT2D eigenvalue weighted by molar-refractivity contribution is 5.85. The lowest BCUT2D eigenvalue weighted by Crippen LogP contribution is -2.32. The number of alkyl halides is 3. The van der Waals surface area contributed by atoms with Crippen molar-refractivity contribution in [2.75, 3.05) is 11.9 Å². The second-order valence-electron chi connectivity index (χ2n) is 6.04. The first-order chi connectivity index (χ1) is 12.1. The number of aliphatic carboxylic acids is 1.